The first-order valence-electron chi connectivity index (χ1n) is 6.93. The van der Waals surface area contributed by atoms with Crippen molar-refractivity contribution >= 4 is 22.0 Å². The second-order valence-corrected chi connectivity index (χ2v) is 6.25. The van der Waals surface area contributed by atoms with Crippen molar-refractivity contribution in [3.05, 3.63) is 34.3 Å². The van der Waals surface area contributed by atoms with Crippen LogP contribution in [0.15, 0.2) is 28.7 Å². The monoisotopic (exact) mass is 338 g/mol. The fourth-order valence-electron chi connectivity index (χ4n) is 3.09. The van der Waals surface area contributed by atoms with Crippen molar-refractivity contribution in [2.75, 3.05) is 32.7 Å². The van der Waals surface area contributed by atoms with Gasteiger partial charge in [-0.3, -0.25) is 4.90 Å². The van der Waals surface area contributed by atoms with Gasteiger partial charge >= 0.3 is 6.03 Å². The molecule has 108 valence electrons. The maximum Gasteiger partial charge on any atom is 0.317 e. The summed E-state index contributed by atoms with van der Waals surface area (Å²) in [6.07, 6.45) is 0. The van der Waals surface area contributed by atoms with E-state index in [1.807, 2.05) is 4.90 Å². The third-order valence-corrected chi connectivity index (χ3v) is 4.71. The maximum atomic E-state index is 11.6. The number of benzene rings is 1. The summed E-state index contributed by atoms with van der Waals surface area (Å²) in [6.45, 7) is 3.88. The van der Waals surface area contributed by atoms with Crippen LogP contribution in [0, 0.1) is 0 Å². The molecule has 3 rings (SSSR count). The largest absolute Gasteiger partial charge is 0.336 e. The first kappa shape index (κ1) is 13.9. The smallest absolute Gasteiger partial charge is 0.317 e. The Bertz CT molecular complexity index is 492. The second kappa shape index (κ2) is 5.71. The molecule has 2 unspecified atom stereocenters. The molecule has 3 N–H and O–H groups in total. The van der Waals surface area contributed by atoms with E-state index in [2.05, 4.69) is 50.4 Å². The highest BCUT2D eigenvalue weighted by molar-refractivity contribution is 9.10. The highest BCUT2D eigenvalue weighted by Gasteiger charge is 2.37. The number of nitrogens with one attached hydrogen (secondary N) is 1. The maximum absolute atomic E-state index is 11.6. The van der Waals surface area contributed by atoms with E-state index in [0.717, 1.165) is 30.7 Å². The minimum atomic E-state index is 0.0718. The average molecular weight is 339 g/mol. The van der Waals surface area contributed by atoms with E-state index in [4.69, 9.17) is 5.73 Å². The number of rotatable bonds is 3. The highest BCUT2D eigenvalue weighted by atomic mass is 79.9. The summed E-state index contributed by atoms with van der Waals surface area (Å²) in [5.41, 5.74) is 7.23. The Hall–Kier alpha value is -1.11. The van der Waals surface area contributed by atoms with E-state index < -0.39 is 0 Å². The van der Waals surface area contributed by atoms with E-state index >= 15 is 0 Å². The first-order chi connectivity index (χ1) is 9.69. The number of fused-ring (bicyclic) bond motifs is 1. The van der Waals surface area contributed by atoms with Gasteiger partial charge in [-0.25, -0.2) is 4.79 Å². The Morgan fingerprint density at radius 1 is 1.35 bits per heavy atom. The highest BCUT2D eigenvalue weighted by Crippen LogP contribution is 2.25. The molecule has 2 atom stereocenters. The van der Waals surface area contributed by atoms with Gasteiger partial charge in [0.15, 0.2) is 0 Å². The molecule has 2 aliphatic rings. The summed E-state index contributed by atoms with van der Waals surface area (Å²) in [5, 5.41) is 2.91. The molecule has 0 spiro atoms. The number of nitrogens with zero attached hydrogens (tertiary/aromatic N) is 2. The van der Waals surface area contributed by atoms with Crippen molar-refractivity contribution in [1.82, 2.24) is 15.1 Å². The normalized spacial score (nSPS) is 24.4. The van der Waals surface area contributed by atoms with Gasteiger partial charge in [0.1, 0.15) is 0 Å². The van der Waals surface area contributed by atoms with E-state index in [9.17, 15) is 4.79 Å². The molecular formula is C14H19BrN4O. The summed E-state index contributed by atoms with van der Waals surface area (Å²) in [7, 11) is 0. The summed E-state index contributed by atoms with van der Waals surface area (Å²) in [4.78, 5) is 16.0. The number of carbonyl (C=O) groups excluding carboxylic acids is 1. The standard InChI is InChI=1S/C14H19BrN4O/c15-11-3-1-10(2-4-11)13(7-16)18-5-6-19-12(9-18)8-17-14(19)20/h1-4,12-13H,5-9,16H2,(H,17,20). The lowest BCUT2D eigenvalue weighted by atomic mass is 10.0. The van der Waals surface area contributed by atoms with E-state index in [0.29, 0.717) is 6.54 Å². The molecule has 2 amide bonds. The third-order valence-electron chi connectivity index (χ3n) is 4.18. The number of nitrogens with two attached hydrogens (primary N) is 1. The average Bonchev–Trinajstić information content (AvgIpc) is 2.83. The topological polar surface area (TPSA) is 61.6 Å². The number of hydrogen-bond donors (Lipinski definition) is 2. The van der Waals surface area contributed by atoms with Crippen LogP contribution in [0.2, 0.25) is 0 Å². The van der Waals surface area contributed by atoms with Gasteiger partial charge in [-0.15, -0.1) is 0 Å². The second-order valence-electron chi connectivity index (χ2n) is 5.33. The minimum absolute atomic E-state index is 0.0718. The fourth-order valence-corrected chi connectivity index (χ4v) is 3.36. The van der Waals surface area contributed by atoms with Gasteiger partial charge in [0.05, 0.1) is 6.04 Å². The molecule has 0 radical (unpaired) electrons. The van der Waals surface area contributed by atoms with Crippen LogP contribution in [0.3, 0.4) is 0 Å². The van der Waals surface area contributed by atoms with Crippen molar-refractivity contribution in [1.29, 1.82) is 0 Å². The van der Waals surface area contributed by atoms with Gasteiger partial charge in [-0.1, -0.05) is 28.1 Å². The fraction of sp³-hybridized carbons (Fsp3) is 0.500. The molecule has 0 saturated carbocycles. The van der Waals surface area contributed by atoms with Gasteiger partial charge in [-0.2, -0.15) is 0 Å². The van der Waals surface area contributed by atoms with Crippen molar-refractivity contribution in [3.8, 4) is 0 Å². The lowest BCUT2D eigenvalue weighted by molar-refractivity contribution is 0.0904. The number of urea groups is 1. The molecule has 2 saturated heterocycles. The van der Waals surface area contributed by atoms with Crippen LogP contribution in [-0.2, 0) is 0 Å². The first-order valence-corrected chi connectivity index (χ1v) is 7.72. The minimum Gasteiger partial charge on any atom is -0.336 e. The summed E-state index contributed by atoms with van der Waals surface area (Å²) in [6, 6.07) is 8.91. The summed E-state index contributed by atoms with van der Waals surface area (Å²) < 4.78 is 1.08. The van der Waals surface area contributed by atoms with Crippen molar-refractivity contribution in [3.63, 3.8) is 0 Å². The van der Waals surface area contributed by atoms with E-state index in [-0.39, 0.29) is 18.1 Å². The Balaban J connectivity index is 1.74. The van der Waals surface area contributed by atoms with Crippen LogP contribution in [0.4, 0.5) is 4.79 Å². The van der Waals surface area contributed by atoms with Gasteiger partial charge < -0.3 is 16.0 Å². The van der Waals surface area contributed by atoms with Crippen molar-refractivity contribution in [2.45, 2.75) is 12.1 Å². The molecule has 2 aliphatic heterocycles. The van der Waals surface area contributed by atoms with Gasteiger partial charge in [0.25, 0.3) is 0 Å². The number of halogens is 1. The molecular weight excluding hydrogens is 320 g/mol. The molecule has 2 fully saturated rings. The van der Waals surface area contributed by atoms with E-state index in [1.54, 1.807) is 0 Å². The van der Waals surface area contributed by atoms with Crippen LogP contribution in [-0.4, -0.2) is 54.6 Å². The molecule has 6 heteroatoms. The van der Waals surface area contributed by atoms with Gasteiger partial charge in [0, 0.05) is 43.2 Å². The summed E-state index contributed by atoms with van der Waals surface area (Å²) >= 11 is 3.46. The lowest BCUT2D eigenvalue weighted by Crippen LogP contribution is -2.53. The molecule has 20 heavy (non-hydrogen) atoms. The Morgan fingerprint density at radius 3 is 2.80 bits per heavy atom. The van der Waals surface area contributed by atoms with Crippen molar-refractivity contribution in [2.24, 2.45) is 5.73 Å². The van der Waals surface area contributed by atoms with Crippen LogP contribution in [0.5, 0.6) is 0 Å². The molecule has 5 nitrogen and oxygen atoms in total. The zero-order valence-electron chi connectivity index (χ0n) is 11.3. The molecule has 0 bridgehead atoms. The lowest BCUT2D eigenvalue weighted by Gasteiger charge is -2.40. The zero-order valence-corrected chi connectivity index (χ0v) is 12.8. The van der Waals surface area contributed by atoms with Crippen LogP contribution < -0.4 is 11.1 Å². The molecule has 2 heterocycles. The molecule has 1 aromatic rings. The number of carbonyl (C=O) groups is 1. The van der Waals surface area contributed by atoms with Gasteiger partial charge in [0.2, 0.25) is 0 Å². The molecule has 0 aromatic heterocycles. The van der Waals surface area contributed by atoms with Gasteiger partial charge in [-0.05, 0) is 17.7 Å². The summed E-state index contributed by atoms with van der Waals surface area (Å²) in [5.74, 6) is 0. The molecule has 1 aromatic carbocycles. The van der Waals surface area contributed by atoms with E-state index in [1.165, 1.54) is 5.56 Å². The predicted molar refractivity (Wildman–Crippen MR) is 81.4 cm³/mol. The number of hydrogen-bond acceptors (Lipinski definition) is 3. The van der Waals surface area contributed by atoms with Crippen LogP contribution in [0.1, 0.15) is 11.6 Å². The van der Waals surface area contributed by atoms with Crippen LogP contribution in [0.25, 0.3) is 0 Å². The Labute approximate surface area is 127 Å². The quantitative estimate of drug-likeness (QED) is 0.869. The number of piperazine rings is 1. The SMILES string of the molecule is NCC(c1ccc(Br)cc1)N1CCN2C(=O)NCC2C1. The third kappa shape index (κ3) is 2.55. The number of amides is 2. The predicted octanol–water partition coefficient (Wildman–Crippen LogP) is 1.16. The zero-order chi connectivity index (χ0) is 14.1. The van der Waals surface area contributed by atoms with Crippen LogP contribution >= 0.6 is 15.9 Å². The van der Waals surface area contributed by atoms with Crippen molar-refractivity contribution < 1.29 is 4.79 Å². The molecule has 0 aliphatic carbocycles. The Kier molecular flexibility index (Phi) is 3.96. The Morgan fingerprint density at radius 2 is 2.10 bits per heavy atom.